The number of halogens is 1. The first-order chi connectivity index (χ1) is 13.1. The molecule has 27 heavy (non-hydrogen) atoms. The lowest BCUT2D eigenvalue weighted by molar-refractivity contribution is -0.125. The minimum atomic E-state index is -0.236. The summed E-state index contributed by atoms with van der Waals surface area (Å²) in [6.07, 6.45) is 8.11. The zero-order valence-corrected chi connectivity index (χ0v) is 18.1. The van der Waals surface area contributed by atoms with Crippen molar-refractivity contribution in [3.8, 4) is 0 Å². The van der Waals surface area contributed by atoms with Gasteiger partial charge in [0.1, 0.15) is 5.82 Å². The van der Waals surface area contributed by atoms with Crippen LogP contribution in [0.2, 0.25) is 0 Å². The van der Waals surface area contributed by atoms with Gasteiger partial charge in [0.2, 0.25) is 5.91 Å². The van der Waals surface area contributed by atoms with Gasteiger partial charge in [0.15, 0.2) is 0 Å². The number of hydrogen-bond acceptors (Lipinski definition) is 2. The van der Waals surface area contributed by atoms with E-state index in [1.165, 1.54) is 44.2 Å². The van der Waals surface area contributed by atoms with Crippen LogP contribution in [0.3, 0.4) is 0 Å². The predicted molar refractivity (Wildman–Crippen MR) is 114 cm³/mol. The third-order valence-corrected chi connectivity index (χ3v) is 5.01. The van der Waals surface area contributed by atoms with Gasteiger partial charge >= 0.3 is 0 Å². The summed E-state index contributed by atoms with van der Waals surface area (Å²) in [7, 11) is 0. The van der Waals surface area contributed by atoms with Crippen LogP contribution in [-0.4, -0.2) is 18.5 Å². The van der Waals surface area contributed by atoms with E-state index in [4.69, 9.17) is 5.73 Å². The molecule has 0 radical (unpaired) electrons. The van der Waals surface area contributed by atoms with Gasteiger partial charge in [-0.1, -0.05) is 78.9 Å². The molecule has 4 heteroatoms. The average molecular weight is 381 g/mol. The normalized spacial score (nSPS) is 16.1. The van der Waals surface area contributed by atoms with Gasteiger partial charge in [0.05, 0.1) is 5.92 Å². The maximum absolute atomic E-state index is 12.8. The average Bonchev–Trinajstić information content (AvgIpc) is 2.72. The Bertz CT molecular complexity index is 484. The van der Waals surface area contributed by atoms with Gasteiger partial charge in [-0.15, -0.1) is 0 Å². The molecule has 1 aromatic rings. The van der Waals surface area contributed by atoms with Crippen molar-refractivity contribution in [2.24, 2.45) is 17.6 Å². The van der Waals surface area contributed by atoms with Gasteiger partial charge in [-0.3, -0.25) is 4.79 Å². The first kappa shape index (κ1) is 25.6. The highest BCUT2D eigenvalue weighted by Crippen LogP contribution is 2.28. The van der Waals surface area contributed by atoms with Crippen molar-refractivity contribution in [2.45, 2.75) is 85.6 Å². The molecule has 1 aliphatic rings. The Morgan fingerprint density at radius 1 is 1.11 bits per heavy atom. The fraction of sp³-hybridized carbons (Fsp3) is 0.696. The van der Waals surface area contributed by atoms with Crippen molar-refractivity contribution in [3.05, 3.63) is 35.6 Å². The van der Waals surface area contributed by atoms with E-state index in [0.717, 1.165) is 12.0 Å². The number of benzene rings is 1. The third kappa shape index (κ3) is 10.5. The van der Waals surface area contributed by atoms with Crippen LogP contribution in [-0.2, 0) is 11.2 Å². The smallest absolute Gasteiger partial charge is 0.224 e. The van der Waals surface area contributed by atoms with Crippen molar-refractivity contribution in [1.29, 1.82) is 0 Å². The number of nitrogens with two attached hydrogens (primary N) is 1. The zero-order valence-electron chi connectivity index (χ0n) is 18.1. The highest BCUT2D eigenvalue weighted by molar-refractivity contribution is 5.78. The summed E-state index contributed by atoms with van der Waals surface area (Å²) in [5.74, 6) is 0.314. The fourth-order valence-corrected chi connectivity index (χ4v) is 3.35. The second kappa shape index (κ2) is 15.6. The van der Waals surface area contributed by atoms with Crippen LogP contribution in [0, 0.1) is 17.7 Å². The minimum Gasteiger partial charge on any atom is -0.355 e. The summed E-state index contributed by atoms with van der Waals surface area (Å²) < 4.78 is 12.8. The molecule has 1 fully saturated rings. The van der Waals surface area contributed by atoms with Crippen molar-refractivity contribution < 1.29 is 9.18 Å². The maximum Gasteiger partial charge on any atom is 0.224 e. The lowest BCUT2D eigenvalue weighted by Crippen LogP contribution is -2.42. The Balaban J connectivity index is 0.00000158. The summed E-state index contributed by atoms with van der Waals surface area (Å²) in [6.45, 7) is 10.5. The van der Waals surface area contributed by atoms with E-state index in [9.17, 15) is 9.18 Å². The fourth-order valence-electron chi connectivity index (χ4n) is 3.35. The van der Waals surface area contributed by atoms with Crippen LogP contribution in [0.4, 0.5) is 4.39 Å². The zero-order chi connectivity index (χ0) is 20.7. The van der Waals surface area contributed by atoms with E-state index in [0.29, 0.717) is 18.9 Å². The molecular formula is C23H41FN2O. The summed E-state index contributed by atoms with van der Waals surface area (Å²) in [4.78, 5) is 12.2. The van der Waals surface area contributed by atoms with Gasteiger partial charge in [0.25, 0.3) is 0 Å². The predicted octanol–water partition coefficient (Wildman–Crippen LogP) is 5.47. The molecule has 1 amide bonds. The van der Waals surface area contributed by atoms with Crippen molar-refractivity contribution in [3.63, 3.8) is 0 Å². The molecule has 0 aliphatic heterocycles. The van der Waals surface area contributed by atoms with Gasteiger partial charge < -0.3 is 11.1 Å². The lowest BCUT2D eigenvalue weighted by Gasteiger charge is -2.27. The van der Waals surface area contributed by atoms with Gasteiger partial charge in [0, 0.05) is 12.6 Å². The SMILES string of the molecule is CC.CC.CC(C(=O)NCCc1ccc(F)cc1)C(N)CC1CCCCC1. The molecule has 1 aliphatic carbocycles. The monoisotopic (exact) mass is 380 g/mol. The van der Waals surface area contributed by atoms with Crippen LogP contribution in [0.25, 0.3) is 0 Å². The number of hydrogen-bond donors (Lipinski definition) is 2. The van der Waals surface area contributed by atoms with E-state index in [1.54, 1.807) is 12.1 Å². The Morgan fingerprint density at radius 2 is 1.67 bits per heavy atom. The molecule has 3 nitrogen and oxygen atoms in total. The largest absolute Gasteiger partial charge is 0.355 e. The highest BCUT2D eigenvalue weighted by atomic mass is 19.1. The number of nitrogens with one attached hydrogen (secondary N) is 1. The van der Waals surface area contributed by atoms with Crippen LogP contribution in [0.5, 0.6) is 0 Å². The van der Waals surface area contributed by atoms with Crippen LogP contribution < -0.4 is 11.1 Å². The quantitative estimate of drug-likeness (QED) is 0.659. The topological polar surface area (TPSA) is 55.1 Å². The van der Waals surface area contributed by atoms with E-state index >= 15 is 0 Å². The lowest BCUT2D eigenvalue weighted by atomic mass is 9.82. The highest BCUT2D eigenvalue weighted by Gasteiger charge is 2.24. The first-order valence-corrected chi connectivity index (χ1v) is 10.8. The summed E-state index contributed by atoms with van der Waals surface area (Å²) >= 11 is 0. The summed E-state index contributed by atoms with van der Waals surface area (Å²) in [5, 5.41) is 2.95. The first-order valence-electron chi connectivity index (χ1n) is 10.8. The second-order valence-corrected chi connectivity index (χ2v) is 6.86. The molecule has 0 spiro atoms. The molecule has 0 saturated heterocycles. The molecule has 1 saturated carbocycles. The molecule has 0 heterocycles. The molecule has 156 valence electrons. The molecule has 0 aromatic heterocycles. The van der Waals surface area contributed by atoms with Crippen molar-refractivity contribution in [2.75, 3.05) is 6.54 Å². The molecule has 1 aromatic carbocycles. The van der Waals surface area contributed by atoms with Crippen molar-refractivity contribution in [1.82, 2.24) is 5.32 Å². The number of rotatable bonds is 7. The third-order valence-electron chi connectivity index (χ3n) is 5.01. The number of carbonyl (C=O) groups excluding carboxylic acids is 1. The molecule has 2 unspecified atom stereocenters. The van der Waals surface area contributed by atoms with Gasteiger partial charge in [-0.2, -0.15) is 0 Å². The standard InChI is InChI=1S/C19H29FN2O.2C2H6/c1-14(18(21)13-16-5-3-2-4-6-16)19(23)22-12-11-15-7-9-17(20)10-8-15;2*1-2/h7-10,14,16,18H,2-6,11-13,21H2,1H3,(H,22,23);2*1-2H3. The number of carbonyl (C=O) groups is 1. The Hall–Kier alpha value is -1.42. The molecule has 0 bridgehead atoms. The molecule has 3 N–H and O–H groups in total. The van der Waals surface area contributed by atoms with Crippen LogP contribution >= 0.6 is 0 Å². The summed E-state index contributed by atoms with van der Waals surface area (Å²) in [6, 6.07) is 6.32. The molecule has 2 rings (SSSR count). The number of amides is 1. The van der Waals surface area contributed by atoms with Crippen LogP contribution in [0.15, 0.2) is 24.3 Å². The van der Waals surface area contributed by atoms with E-state index in [1.807, 2.05) is 34.6 Å². The molecule has 2 atom stereocenters. The van der Waals surface area contributed by atoms with Gasteiger partial charge in [-0.25, -0.2) is 4.39 Å². The summed E-state index contributed by atoms with van der Waals surface area (Å²) in [5.41, 5.74) is 7.27. The Kier molecular flexibility index (Phi) is 14.8. The Labute approximate surface area is 166 Å². The van der Waals surface area contributed by atoms with E-state index < -0.39 is 0 Å². The van der Waals surface area contributed by atoms with E-state index in [2.05, 4.69) is 5.32 Å². The van der Waals surface area contributed by atoms with Gasteiger partial charge in [-0.05, 0) is 36.5 Å². The second-order valence-electron chi connectivity index (χ2n) is 6.86. The van der Waals surface area contributed by atoms with Crippen molar-refractivity contribution >= 4 is 5.91 Å². The maximum atomic E-state index is 12.8. The van der Waals surface area contributed by atoms with E-state index in [-0.39, 0.29) is 23.7 Å². The minimum absolute atomic E-state index is 0.0235. The Morgan fingerprint density at radius 3 is 2.22 bits per heavy atom. The van der Waals surface area contributed by atoms with Crippen LogP contribution in [0.1, 0.15) is 78.7 Å². The molecular weight excluding hydrogens is 339 g/mol.